The molecule has 2 aromatic carbocycles. The lowest BCUT2D eigenvalue weighted by atomic mass is 10.1. The van der Waals surface area contributed by atoms with E-state index in [0.717, 1.165) is 22.6 Å². The topological polar surface area (TPSA) is 114 Å². The maximum atomic E-state index is 12.8. The SMILES string of the molecule is CCOc1ccccc1CNC(=O)c1cccc(NCc2nnc(-c3ccncc3)n2CCO)c1. The second kappa shape index (κ2) is 11.8. The van der Waals surface area contributed by atoms with Gasteiger partial charge in [-0.1, -0.05) is 24.3 Å². The summed E-state index contributed by atoms with van der Waals surface area (Å²) in [6, 6.07) is 18.6. The van der Waals surface area contributed by atoms with E-state index in [1.807, 2.05) is 60.0 Å². The number of ether oxygens (including phenoxy) is 1. The van der Waals surface area contributed by atoms with Gasteiger partial charge < -0.3 is 25.0 Å². The summed E-state index contributed by atoms with van der Waals surface area (Å²) in [6.07, 6.45) is 3.38. The molecule has 9 nitrogen and oxygen atoms in total. The van der Waals surface area contributed by atoms with Crippen molar-refractivity contribution in [2.45, 2.75) is 26.6 Å². The first-order valence-corrected chi connectivity index (χ1v) is 11.5. The van der Waals surface area contributed by atoms with Crippen LogP contribution >= 0.6 is 0 Å². The summed E-state index contributed by atoms with van der Waals surface area (Å²) in [4.78, 5) is 16.8. The van der Waals surface area contributed by atoms with Crippen LogP contribution in [-0.4, -0.2) is 44.0 Å². The summed E-state index contributed by atoms with van der Waals surface area (Å²) in [6.45, 7) is 3.58. The fourth-order valence-electron chi connectivity index (χ4n) is 3.69. The van der Waals surface area contributed by atoms with Crippen molar-refractivity contribution in [2.75, 3.05) is 18.5 Å². The number of amides is 1. The van der Waals surface area contributed by atoms with E-state index in [0.29, 0.717) is 43.5 Å². The number of hydrogen-bond acceptors (Lipinski definition) is 7. The maximum Gasteiger partial charge on any atom is 0.251 e. The number of aromatic nitrogens is 4. The highest BCUT2D eigenvalue weighted by Crippen LogP contribution is 2.20. The zero-order valence-corrected chi connectivity index (χ0v) is 19.5. The molecule has 0 bridgehead atoms. The van der Waals surface area contributed by atoms with Crippen molar-refractivity contribution < 1.29 is 14.6 Å². The number of aliphatic hydroxyl groups is 1. The highest BCUT2D eigenvalue weighted by molar-refractivity contribution is 5.95. The van der Waals surface area contributed by atoms with Gasteiger partial charge in [0.05, 0.1) is 19.8 Å². The van der Waals surface area contributed by atoms with E-state index in [4.69, 9.17) is 4.74 Å². The first kappa shape index (κ1) is 23.9. The van der Waals surface area contributed by atoms with Crippen molar-refractivity contribution in [1.82, 2.24) is 25.1 Å². The molecule has 35 heavy (non-hydrogen) atoms. The third-order valence-electron chi connectivity index (χ3n) is 5.38. The van der Waals surface area contributed by atoms with Crippen LogP contribution in [0.25, 0.3) is 11.4 Å². The molecule has 0 unspecified atom stereocenters. The normalized spacial score (nSPS) is 10.7. The second-order valence-corrected chi connectivity index (χ2v) is 7.71. The zero-order valence-electron chi connectivity index (χ0n) is 19.5. The van der Waals surface area contributed by atoms with Gasteiger partial charge in [0.1, 0.15) is 5.75 Å². The van der Waals surface area contributed by atoms with Crippen LogP contribution in [0.1, 0.15) is 28.7 Å². The Kier molecular flexibility index (Phi) is 8.03. The lowest BCUT2D eigenvalue weighted by Crippen LogP contribution is -2.23. The summed E-state index contributed by atoms with van der Waals surface area (Å²) in [7, 11) is 0. The molecule has 4 rings (SSSR count). The highest BCUT2D eigenvalue weighted by atomic mass is 16.5. The average molecular weight is 473 g/mol. The van der Waals surface area contributed by atoms with Gasteiger partial charge in [0.15, 0.2) is 11.6 Å². The first-order valence-electron chi connectivity index (χ1n) is 11.5. The van der Waals surface area contributed by atoms with Crippen LogP contribution in [0.2, 0.25) is 0 Å². The van der Waals surface area contributed by atoms with Crippen LogP contribution in [0, 0.1) is 0 Å². The second-order valence-electron chi connectivity index (χ2n) is 7.71. The fourth-order valence-corrected chi connectivity index (χ4v) is 3.69. The summed E-state index contributed by atoms with van der Waals surface area (Å²) < 4.78 is 7.50. The quantitative estimate of drug-likeness (QED) is 0.307. The number of benzene rings is 2. The Bertz CT molecular complexity index is 1260. The molecule has 1 amide bonds. The van der Waals surface area contributed by atoms with Crippen molar-refractivity contribution in [2.24, 2.45) is 0 Å². The van der Waals surface area contributed by atoms with Gasteiger partial charge in [-0.15, -0.1) is 10.2 Å². The van der Waals surface area contributed by atoms with Gasteiger partial charge in [0.2, 0.25) is 0 Å². The molecule has 0 saturated carbocycles. The van der Waals surface area contributed by atoms with Gasteiger partial charge in [-0.2, -0.15) is 0 Å². The summed E-state index contributed by atoms with van der Waals surface area (Å²) in [5.74, 6) is 1.93. The predicted molar refractivity (Wildman–Crippen MR) is 133 cm³/mol. The Morgan fingerprint density at radius 3 is 2.66 bits per heavy atom. The lowest BCUT2D eigenvalue weighted by Gasteiger charge is -2.12. The van der Waals surface area contributed by atoms with Crippen molar-refractivity contribution >= 4 is 11.6 Å². The third kappa shape index (κ3) is 6.01. The number of pyridine rings is 1. The molecule has 3 N–H and O–H groups in total. The van der Waals surface area contributed by atoms with E-state index in [1.165, 1.54) is 0 Å². The Morgan fingerprint density at radius 1 is 1.03 bits per heavy atom. The maximum absolute atomic E-state index is 12.8. The minimum absolute atomic E-state index is 0.0365. The van der Waals surface area contributed by atoms with Gasteiger partial charge in [-0.25, -0.2) is 0 Å². The standard InChI is InChI=1S/C26H28N6O3/c1-2-35-23-9-4-3-6-21(23)17-29-26(34)20-7-5-8-22(16-20)28-18-24-30-31-25(32(24)14-15-33)19-10-12-27-13-11-19/h3-13,16,28,33H,2,14-15,17-18H2,1H3,(H,29,34). The molecule has 0 spiro atoms. The van der Waals surface area contributed by atoms with E-state index in [2.05, 4.69) is 25.8 Å². The van der Waals surface area contributed by atoms with Crippen molar-refractivity contribution in [3.8, 4) is 17.1 Å². The monoisotopic (exact) mass is 472 g/mol. The Morgan fingerprint density at radius 2 is 1.86 bits per heavy atom. The molecule has 0 saturated heterocycles. The Balaban J connectivity index is 1.42. The number of hydrogen-bond donors (Lipinski definition) is 3. The van der Waals surface area contributed by atoms with Crippen molar-refractivity contribution in [3.05, 3.63) is 90.0 Å². The summed E-state index contributed by atoms with van der Waals surface area (Å²) in [5.41, 5.74) is 3.11. The van der Waals surface area contributed by atoms with Crippen LogP contribution < -0.4 is 15.4 Å². The molecular formula is C26H28N6O3. The molecule has 180 valence electrons. The molecule has 0 atom stereocenters. The Hall–Kier alpha value is -4.24. The van der Waals surface area contributed by atoms with Crippen molar-refractivity contribution in [3.63, 3.8) is 0 Å². The number of anilines is 1. The van der Waals surface area contributed by atoms with Crippen LogP contribution in [0.15, 0.2) is 73.1 Å². The number of aliphatic hydroxyl groups excluding tert-OH is 1. The molecule has 4 aromatic rings. The molecule has 0 fully saturated rings. The summed E-state index contributed by atoms with van der Waals surface area (Å²) >= 11 is 0. The number of nitrogens with zero attached hydrogens (tertiary/aromatic N) is 4. The minimum atomic E-state index is -0.177. The molecule has 0 aliphatic rings. The molecule has 2 aromatic heterocycles. The average Bonchev–Trinajstić information content (AvgIpc) is 3.30. The van der Waals surface area contributed by atoms with E-state index < -0.39 is 0 Å². The van der Waals surface area contributed by atoms with Gasteiger partial charge in [0.25, 0.3) is 5.91 Å². The number of nitrogens with one attached hydrogen (secondary N) is 2. The Labute approximate surface area is 203 Å². The van der Waals surface area contributed by atoms with Crippen LogP contribution in [0.4, 0.5) is 5.69 Å². The van der Waals surface area contributed by atoms with Gasteiger partial charge in [-0.3, -0.25) is 9.78 Å². The van der Waals surface area contributed by atoms with Crippen LogP contribution in [0.5, 0.6) is 5.75 Å². The van der Waals surface area contributed by atoms with Gasteiger partial charge in [-0.05, 0) is 43.3 Å². The lowest BCUT2D eigenvalue weighted by molar-refractivity contribution is 0.0950. The molecule has 0 aliphatic carbocycles. The van der Waals surface area contributed by atoms with Crippen LogP contribution in [-0.2, 0) is 19.6 Å². The van der Waals surface area contributed by atoms with E-state index in [9.17, 15) is 9.90 Å². The minimum Gasteiger partial charge on any atom is -0.494 e. The molecule has 9 heteroatoms. The molecule has 0 aliphatic heterocycles. The smallest absolute Gasteiger partial charge is 0.251 e. The van der Waals surface area contributed by atoms with E-state index in [-0.39, 0.29) is 12.5 Å². The summed E-state index contributed by atoms with van der Waals surface area (Å²) in [5, 5.41) is 24.4. The number of para-hydroxylation sites is 1. The van der Waals surface area contributed by atoms with E-state index >= 15 is 0 Å². The van der Waals surface area contributed by atoms with Crippen LogP contribution in [0.3, 0.4) is 0 Å². The third-order valence-corrected chi connectivity index (χ3v) is 5.38. The van der Waals surface area contributed by atoms with E-state index in [1.54, 1.807) is 24.5 Å². The molecule has 0 radical (unpaired) electrons. The van der Waals surface area contributed by atoms with Crippen molar-refractivity contribution in [1.29, 1.82) is 0 Å². The molecule has 2 heterocycles. The highest BCUT2D eigenvalue weighted by Gasteiger charge is 2.14. The molecular weight excluding hydrogens is 444 g/mol. The van der Waals surface area contributed by atoms with Gasteiger partial charge in [0, 0.05) is 47.9 Å². The predicted octanol–water partition coefficient (Wildman–Crippen LogP) is 3.27. The first-order chi connectivity index (χ1) is 17.2. The zero-order chi connectivity index (χ0) is 24.5. The number of rotatable bonds is 11. The fraction of sp³-hybridized carbons (Fsp3) is 0.231. The van der Waals surface area contributed by atoms with Gasteiger partial charge >= 0.3 is 0 Å². The number of carbonyl (C=O) groups excluding carboxylic acids is 1. The largest absolute Gasteiger partial charge is 0.494 e. The number of carbonyl (C=O) groups is 1.